The van der Waals surface area contributed by atoms with Gasteiger partial charge in [-0.2, -0.15) is 5.01 Å². The molecule has 0 aromatic carbocycles. The molecular weight excluding hydrogens is 494 g/mol. The van der Waals surface area contributed by atoms with Crippen LogP contribution in [0.5, 0.6) is 0 Å². The molecule has 1 aromatic heterocycles. The Kier molecular flexibility index (Phi) is 6.78. The molecule has 1 aromatic rings. The van der Waals surface area contributed by atoms with E-state index >= 15 is 0 Å². The molecule has 3 aliphatic heterocycles. The number of carbonyl (C=O) groups is 4. The molecule has 0 unspecified atom stereocenters. The van der Waals surface area contributed by atoms with Crippen molar-refractivity contribution < 1.29 is 29.1 Å². The van der Waals surface area contributed by atoms with Crippen molar-refractivity contribution in [1.29, 1.82) is 0 Å². The molecule has 3 aliphatic rings. The SMILES string of the molecule is CCn1c(SCC2=C(C(=O)O)N3C(=O)[C@@H](NC(=O)CN4CC(=O)ON4)[C@H]3SC2)n[nH]c(=O)c1=O. The Morgan fingerprint density at radius 3 is 2.74 bits per heavy atom. The van der Waals surface area contributed by atoms with E-state index in [1.807, 2.05) is 0 Å². The number of rotatable bonds is 8. The Bertz CT molecular complexity index is 1210. The number of nitrogens with zero attached hydrogens (tertiary/aromatic N) is 4. The highest BCUT2D eigenvalue weighted by Crippen LogP contribution is 2.41. The maximum absolute atomic E-state index is 12.7. The molecule has 0 saturated carbocycles. The summed E-state index contributed by atoms with van der Waals surface area (Å²) < 4.78 is 1.18. The van der Waals surface area contributed by atoms with E-state index in [0.717, 1.165) is 16.7 Å². The van der Waals surface area contributed by atoms with Crippen LogP contribution in [0.25, 0.3) is 0 Å². The van der Waals surface area contributed by atoms with E-state index in [4.69, 9.17) is 0 Å². The largest absolute Gasteiger partial charge is 0.477 e. The number of β-lactam (4-membered cyclic amide) rings is 1. The highest BCUT2D eigenvalue weighted by atomic mass is 32.2. The molecule has 4 rings (SSSR count). The maximum Gasteiger partial charge on any atom is 0.352 e. The number of nitrogens with one attached hydrogen (secondary N) is 3. The molecule has 0 spiro atoms. The summed E-state index contributed by atoms with van der Waals surface area (Å²) in [6.07, 6.45) is 0. The number of carbonyl (C=O) groups excluding carboxylic acids is 3. The molecule has 182 valence electrons. The minimum Gasteiger partial charge on any atom is -0.477 e. The lowest BCUT2D eigenvalue weighted by Gasteiger charge is -2.49. The summed E-state index contributed by atoms with van der Waals surface area (Å²) in [5.41, 5.74) is 0.919. The molecule has 34 heavy (non-hydrogen) atoms. The molecule has 2 fully saturated rings. The fraction of sp³-hybridized carbons (Fsp3) is 0.471. The van der Waals surface area contributed by atoms with Crippen molar-refractivity contribution in [3.8, 4) is 0 Å². The molecule has 2 atom stereocenters. The number of hydrogen-bond acceptors (Lipinski definition) is 12. The van der Waals surface area contributed by atoms with Crippen LogP contribution in [0.3, 0.4) is 0 Å². The van der Waals surface area contributed by atoms with Crippen LogP contribution in [0.1, 0.15) is 6.92 Å². The first-order chi connectivity index (χ1) is 16.2. The Morgan fingerprint density at radius 2 is 2.09 bits per heavy atom. The number of thioether (sulfide) groups is 2. The van der Waals surface area contributed by atoms with E-state index < -0.39 is 46.3 Å². The number of amides is 2. The predicted octanol–water partition coefficient (Wildman–Crippen LogP) is -2.94. The average molecular weight is 514 g/mol. The van der Waals surface area contributed by atoms with E-state index in [9.17, 15) is 33.9 Å². The van der Waals surface area contributed by atoms with Gasteiger partial charge < -0.3 is 15.3 Å². The van der Waals surface area contributed by atoms with Gasteiger partial charge in [0, 0.05) is 18.1 Å². The van der Waals surface area contributed by atoms with Gasteiger partial charge >= 0.3 is 23.1 Å². The van der Waals surface area contributed by atoms with Crippen LogP contribution in [0.4, 0.5) is 0 Å². The zero-order valence-electron chi connectivity index (χ0n) is 17.6. The van der Waals surface area contributed by atoms with Crippen molar-refractivity contribution in [3.63, 3.8) is 0 Å². The second-order valence-electron chi connectivity index (χ2n) is 7.31. The Balaban J connectivity index is 1.45. The van der Waals surface area contributed by atoms with Crippen LogP contribution in [0.15, 0.2) is 26.0 Å². The molecule has 2 amide bonds. The number of carboxylic acids is 1. The Hall–Kier alpha value is -3.15. The molecular formula is C17H19N7O8S2. The maximum atomic E-state index is 12.7. The molecule has 17 heteroatoms. The lowest BCUT2D eigenvalue weighted by molar-refractivity contribution is -0.151. The summed E-state index contributed by atoms with van der Waals surface area (Å²) in [5.74, 6) is -2.55. The standard InChI is InChI=1S/C17H19N7O8S2/c1-2-23-14(29)12(27)19-20-17(23)34-6-7-5-33-15-10(13(28)24(15)11(7)16(30)31)18-8(25)3-22-4-9(26)32-21-22/h10,15,21H,2-6H2,1H3,(H,18,25)(H,19,27)(H,30,31)/t10-,15-/m1/s1. The normalized spacial score (nSPS) is 22.3. The van der Waals surface area contributed by atoms with E-state index in [2.05, 4.69) is 25.9 Å². The zero-order valence-corrected chi connectivity index (χ0v) is 19.2. The second-order valence-corrected chi connectivity index (χ2v) is 9.35. The fourth-order valence-electron chi connectivity index (χ4n) is 3.57. The van der Waals surface area contributed by atoms with Crippen LogP contribution in [0, 0.1) is 0 Å². The Labute approximate surface area is 198 Å². The van der Waals surface area contributed by atoms with Gasteiger partial charge in [-0.05, 0) is 12.5 Å². The lowest BCUT2D eigenvalue weighted by atomic mass is 10.0. The van der Waals surface area contributed by atoms with Crippen molar-refractivity contribution in [1.82, 2.24) is 35.6 Å². The third-order valence-electron chi connectivity index (χ3n) is 5.12. The highest BCUT2D eigenvalue weighted by Gasteiger charge is 2.54. The van der Waals surface area contributed by atoms with Gasteiger partial charge in [-0.3, -0.25) is 28.6 Å². The van der Waals surface area contributed by atoms with Crippen LogP contribution >= 0.6 is 23.5 Å². The van der Waals surface area contributed by atoms with Crippen molar-refractivity contribution in [2.24, 2.45) is 0 Å². The molecule has 4 N–H and O–H groups in total. The number of aliphatic carboxylic acids is 1. The van der Waals surface area contributed by atoms with Gasteiger partial charge in [-0.15, -0.1) is 16.9 Å². The summed E-state index contributed by atoms with van der Waals surface area (Å²) in [6.45, 7) is 1.52. The first-order valence-corrected chi connectivity index (χ1v) is 12.0. The third kappa shape index (κ3) is 4.46. The van der Waals surface area contributed by atoms with Crippen LogP contribution in [-0.4, -0.2) is 89.5 Å². The van der Waals surface area contributed by atoms with Crippen molar-refractivity contribution in [2.45, 2.75) is 30.0 Å². The summed E-state index contributed by atoms with van der Waals surface area (Å²) in [7, 11) is 0. The van der Waals surface area contributed by atoms with Crippen LogP contribution in [-0.2, 0) is 30.6 Å². The number of H-pyrrole nitrogens is 1. The highest BCUT2D eigenvalue weighted by molar-refractivity contribution is 8.01. The van der Waals surface area contributed by atoms with E-state index in [-0.39, 0.29) is 42.0 Å². The van der Waals surface area contributed by atoms with Gasteiger partial charge in [0.15, 0.2) is 5.16 Å². The number of hydrogen-bond donors (Lipinski definition) is 4. The minimum absolute atomic E-state index is 0.120. The van der Waals surface area contributed by atoms with Crippen molar-refractivity contribution in [2.75, 3.05) is 24.6 Å². The predicted molar refractivity (Wildman–Crippen MR) is 116 cm³/mol. The van der Waals surface area contributed by atoms with Gasteiger partial charge in [0.2, 0.25) is 5.91 Å². The topological polar surface area (TPSA) is 196 Å². The average Bonchev–Trinajstić information content (AvgIpc) is 3.21. The van der Waals surface area contributed by atoms with Gasteiger partial charge in [-0.25, -0.2) is 14.7 Å². The minimum atomic E-state index is -1.29. The number of carboxylic acid groups (broad SMARTS) is 1. The number of hydrazine groups is 1. The monoisotopic (exact) mass is 513 g/mol. The van der Waals surface area contributed by atoms with E-state index in [1.54, 1.807) is 6.92 Å². The summed E-state index contributed by atoms with van der Waals surface area (Å²) in [5, 5.41) is 19.2. The van der Waals surface area contributed by atoms with Gasteiger partial charge in [0.05, 0.1) is 6.54 Å². The quantitative estimate of drug-likeness (QED) is 0.157. The van der Waals surface area contributed by atoms with Gasteiger partial charge in [0.25, 0.3) is 5.91 Å². The van der Waals surface area contributed by atoms with Gasteiger partial charge in [0.1, 0.15) is 23.7 Å². The molecule has 0 radical (unpaired) electrons. The summed E-state index contributed by atoms with van der Waals surface area (Å²) in [4.78, 5) is 77.2. The number of aromatic amines is 1. The zero-order chi connectivity index (χ0) is 24.6. The number of fused-ring (bicyclic) bond motifs is 1. The van der Waals surface area contributed by atoms with E-state index in [1.165, 1.54) is 21.3 Å². The summed E-state index contributed by atoms with van der Waals surface area (Å²) in [6, 6.07) is -0.911. The molecule has 0 bridgehead atoms. The van der Waals surface area contributed by atoms with Crippen LogP contribution in [0.2, 0.25) is 0 Å². The Morgan fingerprint density at radius 1 is 1.32 bits per heavy atom. The number of aromatic nitrogens is 3. The van der Waals surface area contributed by atoms with Crippen LogP contribution < -0.4 is 22.0 Å². The smallest absolute Gasteiger partial charge is 0.352 e. The molecule has 2 saturated heterocycles. The van der Waals surface area contributed by atoms with Crippen molar-refractivity contribution in [3.05, 3.63) is 32.0 Å². The summed E-state index contributed by atoms with van der Waals surface area (Å²) >= 11 is 2.36. The second kappa shape index (κ2) is 9.61. The molecule has 4 heterocycles. The van der Waals surface area contributed by atoms with Crippen molar-refractivity contribution >= 4 is 47.3 Å². The third-order valence-corrected chi connectivity index (χ3v) is 7.53. The molecule has 15 nitrogen and oxygen atoms in total. The van der Waals surface area contributed by atoms with Gasteiger partial charge in [-0.1, -0.05) is 17.4 Å². The lowest BCUT2D eigenvalue weighted by Crippen LogP contribution is -2.71. The molecule has 0 aliphatic carbocycles. The first kappa shape index (κ1) is 24.0. The first-order valence-electron chi connectivity index (χ1n) is 9.93. The van der Waals surface area contributed by atoms with E-state index in [0.29, 0.717) is 5.57 Å². The fourth-order valence-corrected chi connectivity index (χ4v) is 6.06.